The maximum Gasteiger partial charge on any atom is 0.387 e. The van der Waals surface area contributed by atoms with Gasteiger partial charge in [-0.3, -0.25) is 4.79 Å². The van der Waals surface area contributed by atoms with Crippen molar-refractivity contribution in [3.8, 4) is 5.75 Å². The van der Waals surface area contributed by atoms with Gasteiger partial charge in [0.05, 0.1) is 6.04 Å². The van der Waals surface area contributed by atoms with E-state index in [1.54, 1.807) is 25.1 Å². The van der Waals surface area contributed by atoms with Crippen molar-refractivity contribution < 1.29 is 28.2 Å². The molecule has 128 valence electrons. The van der Waals surface area contributed by atoms with Gasteiger partial charge in [-0.1, -0.05) is 25.1 Å². The molecule has 0 aliphatic rings. The molecule has 1 unspecified atom stereocenters. The molecule has 0 spiro atoms. The summed E-state index contributed by atoms with van der Waals surface area (Å²) >= 11 is 0. The highest BCUT2D eigenvalue weighted by Gasteiger charge is 2.18. The molecule has 1 atom stereocenters. The summed E-state index contributed by atoms with van der Waals surface area (Å²) in [6.45, 7) is -0.934. The predicted octanol–water partition coefficient (Wildman–Crippen LogP) is 2.90. The Hall–Kier alpha value is -2.38. The Morgan fingerprint density at radius 3 is 2.61 bits per heavy atom. The maximum absolute atomic E-state index is 12.4. The molecule has 0 heterocycles. The van der Waals surface area contributed by atoms with Crippen LogP contribution in [0, 0.1) is 0 Å². The average molecular weight is 330 g/mol. The molecular weight excluding hydrogens is 310 g/mol. The molecule has 0 aliphatic heterocycles. The second-order valence-corrected chi connectivity index (χ2v) is 4.77. The van der Waals surface area contributed by atoms with Crippen LogP contribution in [0.3, 0.4) is 0 Å². The number of benzene rings is 1. The Balaban J connectivity index is 2.62. The number of urea groups is 1. The van der Waals surface area contributed by atoms with Crippen LogP contribution in [0.25, 0.3) is 0 Å². The van der Waals surface area contributed by atoms with Gasteiger partial charge in [-0.2, -0.15) is 8.78 Å². The van der Waals surface area contributed by atoms with Crippen molar-refractivity contribution in [2.75, 3.05) is 6.54 Å². The van der Waals surface area contributed by atoms with E-state index < -0.39 is 24.7 Å². The number of ether oxygens (including phenoxy) is 1. The Morgan fingerprint density at radius 1 is 1.30 bits per heavy atom. The summed E-state index contributed by atoms with van der Waals surface area (Å²) in [5.41, 5.74) is 0.455. The lowest BCUT2D eigenvalue weighted by molar-refractivity contribution is -0.137. The number of amides is 2. The van der Waals surface area contributed by atoms with Crippen molar-refractivity contribution in [2.24, 2.45) is 0 Å². The first-order valence-corrected chi connectivity index (χ1v) is 7.24. The molecule has 8 heteroatoms. The Bertz CT molecular complexity index is 526. The summed E-state index contributed by atoms with van der Waals surface area (Å²) in [5, 5.41) is 13.7. The van der Waals surface area contributed by atoms with Crippen LogP contribution in [-0.4, -0.2) is 30.3 Å². The SMILES string of the molecule is CCC(NC(=O)NCCCC(=O)O)c1ccccc1OC(F)F. The molecule has 1 rings (SSSR count). The van der Waals surface area contributed by atoms with Crippen molar-refractivity contribution in [1.82, 2.24) is 10.6 Å². The summed E-state index contributed by atoms with van der Waals surface area (Å²) in [6.07, 6.45) is 0.749. The molecule has 0 aliphatic carbocycles. The highest BCUT2D eigenvalue weighted by molar-refractivity contribution is 5.74. The minimum Gasteiger partial charge on any atom is -0.481 e. The van der Waals surface area contributed by atoms with Gasteiger partial charge in [0.25, 0.3) is 0 Å². The van der Waals surface area contributed by atoms with Gasteiger partial charge >= 0.3 is 18.6 Å². The molecule has 2 amide bonds. The first-order valence-electron chi connectivity index (χ1n) is 7.24. The first-order chi connectivity index (χ1) is 10.9. The van der Waals surface area contributed by atoms with E-state index in [4.69, 9.17) is 5.11 Å². The third-order valence-corrected chi connectivity index (χ3v) is 3.08. The van der Waals surface area contributed by atoms with Crippen molar-refractivity contribution in [2.45, 2.75) is 38.8 Å². The summed E-state index contributed by atoms with van der Waals surface area (Å²) in [4.78, 5) is 22.2. The number of rotatable bonds is 9. The molecule has 0 radical (unpaired) electrons. The number of carbonyl (C=O) groups is 2. The van der Waals surface area contributed by atoms with Crippen molar-refractivity contribution in [3.05, 3.63) is 29.8 Å². The first kappa shape index (κ1) is 18.7. The van der Waals surface area contributed by atoms with Crippen molar-refractivity contribution in [1.29, 1.82) is 0 Å². The van der Waals surface area contributed by atoms with E-state index in [9.17, 15) is 18.4 Å². The van der Waals surface area contributed by atoms with Crippen LogP contribution in [0.5, 0.6) is 5.75 Å². The fraction of sp³-hybridized carbons (Fsp3) is 0.467. The number of nitrogens with one attached hydrogen (secondary N) is 2. The van der Waals surface area contributed by atoms with Gasteiger partial charge in [-0.15, -0.1) is 0 Å². The van der Waals surface area contributed by atoms with Gasteiger partial charge in [0.2, 0.25) is 0 Å². The van der Waals surface area contributed by atoms with Crippen LogP contribution in [0.1, 0.15) is 37.8 Å². The van der Waals surface area contributed by atoms with Gasteiger partial charge in [0.1, 0.15) is 5.75 Å². The van der Waals surface area contributed by atoms with Crippen LogP contribution in [-0.2, 0) is 4.79 Å². The molecule has 0 bridgehead atoms. The Labute approximate surface area is 132 Å². The number of carboxylic acid groups (broad SMARTS) is 1. The van der Waals surface area contributed by atoms with Crippen LogP contribution in [0.15, 0.2) is 24.3 Å². The zero-order valence-corrected chi connectivity index (χ0v) is 12.7. The van der Waals surface area contributed by atoms with Gasteiger partial charge in [-0.25, -0.2) is 4.79 Å². The molecule has 23 heavy (non-hydrogen) atoms. The molecule has 0 fully saturated rings. The van der Waals surface area contributed by atoms with Crippen LogP contribution >= 0.6 is 0 Å². The van der Waals surface area contributed by atoms with E-state index in [0.29, 0.717) is 18.4 Å². The molecular formula is C15H20F2N2O4. The van der Waals surface area contributed by atoms with E-state index in [1.165, 1.54) is 6.07 Å². The van der Waals surface area contributed by atoms with Gasteiger partial charge in [-0.05, 0) is 18.9 Å². The number of aliphatic carboxylic acids is 1. The van der Waals surface area contributed by atoms with E-state index in [1.807, 2.05) is 0 Å². The zero-order valence-electron chi connectivity index (χ0n) is 12.7. The zero-order chi connectivity index (χ0) is 17.2. The standard InChI is InChI=1S/C15H20F2N2O4/c1-2-11(19-15(22)18-9-5-8-13(20)21)10-6-3-4-7-12(10)23-14(16)17/h3-4,6-7,11,14H,2,5,8-9H2,1H3,(H,20,21)(H2,18,19,22). The molecule has 0 saturated carbocycles. The van der Waals surface area contributed by atoms with Gasteiger partial charge in [0, 0.05) is 18.5 Å². The minimum absolute atomic E-state index is 0.0144. The summed E-state index contributed by atoms with van der Waals surface area (Å²) in [5.74, 6) is -0.919. The second-order valence-electron chi connectivity index (χ2n) is 4.77. The summed E-state index contributed by atoms with van der Waals surface area (Å²) < 4.78 is 29.3. The lowest BCUT2D eigenvalue weighted by Crippen LogP contribution is -2.38. The highest BCUT2D eigenvalue weighted by Crippen LogP contribution is 2.28. The summed E-state index contributed by atoms with van der Waals surface area (Å²) in [7, 11) is 0. The van der Waals surface area contributed by atoms with Crippen molar-refractivity contribution >= 4 is 12.0 Å². The van der Waals surface area contributed by atoms with Crippen molar-refractivity contribution in [3.63, 3.8) is 0 Å². The van der Waals surface area contributed by atoms with E-state index >= 15 is 0 Å². The Morgan fingerprint density at radius 2 is 2.00 bits per heavy atom. The molecule has 0 aromatic heterocycles. The molecule has 6 nitrogen and oxygen atoms in total. The fourth-order valence-corrected chi connectivity index (χ4v) is 2.02. The predicted molar refractivity (Wildman–Crippen MR) is 79.5 cm³/mol. The number of alkyl halides is 2. The Kier molecular flexibility index (Phi) is 7.79. The van der Waals surface area contributed by atoms with Gasteiger partial charge in [0.15, 0.2) is 0 Å². The molecule has 1 aromatic carbocycles. The monoisotopic (exact) mass is 330 g/mol. The maximum atomic E-state index is 12.4. The van der Waals surface area contributed by atoms with Gasteiger partial charge < -0.3 is 20.5 Å². The molecule has 0 saturated heterocycles. The lowest BCUT2D eigenvalue weighted by atomic mass is 10.0. The minimum atomic E-state index is -2.95. The number of para-hydroxylation sites is 1. The largest absolute Gasteiger partial charge is 0.481 e. The smallest absolute Gasteiger partial charge is 0.387 e. The fourth-order valence-electron chi connectivity index (χ4n) is 2.02. The number of hydrogen-bond acceptors (Lipinski definition) is 3. The third-order valence-electron chi connectivity index (χ3n) is 3.08. The highest BCUT2D eigenvalue weighted by atomic mass is 19.3. The number of carboxylic acids is 1. The number of carbonyl (C=O) groups excluding carboxylic acids is 1. The number of halogens is 2. The van der Waals surface area contributed by atoms with Crippen LogP contribution in [0.2, 0.25) is 0 Å². The number of hydrogen-bond donors (Lipinski definition) is 3. The molecule has 3 N–H and O–H groups in total. The summed E-state index contributed by atoms with van der Waals surface area (Å²) in [6, 6.07) is 5.27. The quantitative estimate of drug-likeness (QED) is 0.608. The average Bonchev–Trinajstić information content (AvgIpc) is 2.49. The van der Waals surface area contributed by atoms with Crippen LogP contribution in [0.4, 0.5) is 13.6 Å². The third kappa shape index (κ3) is 6.94. The van der Waals surface area contributed by atoms with E-state index in [0.717, 1.165) is 0 Å². The topological polar surface area (TPSA) is 87.7 Å². The van der Waals surface area contributed by atoms with E-state index in [2.05, 4.69) is 15.4 Å². The normalized spacial score (nSPS) is 11.8. The molecule has 1 aromatic rings. The lowest BCUT2D eigenvalue weighted by Gasteiger charge is -2.20. The van der Waals surface area contributed by atoms with Crippen LogP contribution < -0.4 is 15.4 Å². The second kappa shape index (κ2) is 9.60. The van der Waals surface area contributed by atoms with E-state index in [-0.39, 0.29) is 18.7 Å².